The fourth-order valence-electron chi connectivity index (χ4n) is 1.38. The summed E-state index contributed by atoms with van der Waals surface area (Å²) >= 11 is 5.87. The highest BCUT2D eigenvalue weighted by Gasteiger charge is 2.12. The predicted octanol–water partition coefficient (Wildman–Crippen LogP) is 2.71. The van der Waals surface area contributed by atoms with E-state index in [1.54, 1.807) is 0 Å². The highest BCUT2D eigenvalue weighted by atomic mass is 35.5. The molecule has 0 aliphatic carbocycles. The van der Waals surface area contributed by atoms with Gasteiger partial charge in [-0.15, -0.1) is 0 Å². The second-order valence-electron chi connectivity index (χ2n) is 3.54. The molecule has 2 aromatic rings. The summed E-state index contributed by atoms with van der Waals surface area (Å²) in [4.78, 5) is 15.7. The number of carbonyl (C=O) groups is 1. The Morgan fingerprint density at radius 1 is 1.39 bits per heavy atom. The Morgan fingerprint density at radius 3 is 2.89 bits per heavy atom. The first-order valence-electron chi connectivity index (χ1n) is 5.04. The van der Waals surface area contributed by atoms with E-state index in [2.05, 4.69) is 10.3 Å². The average molecular weight is 266 g/mol. The number of pyridine rings is 1. The van der Waals surface area contributed by atoms with Crippen molar-refractivity contribution in [3.05, 3.63) is 53.1 Å². The molecular formula is C12H9ClFN3O. The number of nitrogens with zero attached hydrogens (tertiary/aromatic N) is 1. The van der Waals surface area contributed by atoms with Crippen LogP contribution in [0.3, 0.4) is 0 Å². The standard InChI is InChI=1S/C12H9ClFN3O/c13-9-3-4-16-6-11(9)17-12(18)8-5-7(14)1-2-10(8)15/h1-6H,15H2,(H,17,18). The van der Waals surface area contributed by atoms with Gasteiger partial charge >= 0.3 is 0 Å². The van der Waals surface area contributed by atoms with E-state index in [4.69, 9.17) is 17.3 Å². The number of hydrogen-bond donors (Lipinski definition) is 2. The first-order valence-corrected chi connectivity index (χ1v) is 5.41. The SMILES string of the molecule is Nc1ccc(F)cc1C(=O)Nc1cnccc1Cl. The molecule has 0 atom stereocenters. The molecule has 0 saturated carbocycles. The van der Waals surface area contributed by atoms with E-state index in [1.807, 2.05) is 0 Å². The molecular weight excluding hydrogens is 257 g/mol. The van der Waals surface area contributed by atoms with Crippen molar-refractivity contribution < 1.29 is 9.18 Å². The predicted molar refractivity (Wildman–Crippen MR) is 68.0 cm³/mol. The maximum Gasteiger partial charge on any atom is 0.257 e. The number of nitrogens with two attached hydrogens (primary N) is 1. The Kier molecular flexibility index (Phi) is 3.43. The monoisotopic (exact) mass is 265 g/mol. The average Bonchev–Trinajstić information content (AvgIpc) is 2.35. The molecule has 0 unspecified atom stereocenters. The largest absolute Gasteiger partial charge is 0.398 e. The molecule has 0 fully saturated rings. The first kappa shape index (κ1) is 12.3. The summed E-state index contributed by atoms with van der Waals surface area (Å²) in [6.45, 7) is 0. The molecule has 3 N–H and O–H groups in total. The van der Waals surface area contributed by atoms with Gasteiger partial charge in [0.2, 0.25) is 0 Å². The number of amides is 1. The fourth-order valence-corrected chi connectivity index (χ4v) is 1.54. The van der Waals surface area contributed by atoms with Crippen LogP contribution in [-0.2, 0) is 0 Å². The van der Waals surface area contributed by atoms with Crippen molar-refractivity contribution in [1.82, 2.24) is 4.98 Å². The van der Waals surface area contributed by atoms with Crippen molar-refractivity contribution in [1.29, 1.82) is 0 Å². The smallest absolute Gasteiger partial charge is 0.257 e. The van der Waals surface area contributed by atoms with Crippen LogP contribution in [-0.4, -0.2) is 10.9 Å². The quantitative estimate of drug-likeness (QED) is 0.821. The third kappa shape index (κ3) is 2.57. The maximum absolute atomic E-state index is 13.1. The molecule has 1 aromatic heterocycles. The zero-order valence-corrected chi connectivity index (χ0v) is 9.91. The van der Waals surface area contributed by atoms with Gasteiger partial charge in [-0.05, 0) is 24.3 Å². The Morgan fingerprint density at radius 2 is 2.17 bits per heavy atom. The van der Waals surface area contributed by atoms with Crippen LogP contribution in [0.15, 0.2) is 36.7 Å². The van der Waals surface area contributed by atoms with Crippen LogP contribution in [0, 0.1) is 5.82 Å². The third-order valence-corrected chi connectivity index (χ3v) is 2.61. The molecule has 0 bridgehead atoms. The van der Waals surface area contributed by atoms with Crippen molar-refractivity contribution in [2.24, 2.45) is 0 Å². The Hall–Kier alpha value is -2.14. The van der Waals surface area contributed by atoms with Gasteiger partial charge in [0.25, 0.3) is 5.91 Å². The highest BCUT2D eigenvalue weighted by Crippen LogP contribution is 2.21. The lowest BCUT2D eigenvalue weighted by molar-refractivity contribution is 0.102. The molecule has 92 valence electrons. The van der Waals surface area contributed by atoms with Crippen molar-refractivity contribution in [3.63, 3.8) is 0 Å². The Labute approximate surface area is 108 Å². The number of carbonyl (C=O) groups excluding carboxylic acids is 1. The molecule has 2 rings (SSSR count). The van der Waals surface area contributed by atoms with Crippen molar-refractivity contribution >= 4 is 28.9 Å². The van der Waals surface area contributed by atoms with Gasteiger partial charge in [0, 0.05) is 11.9 Å². The van der Waals surface area contributed by atoms with Gasteiger partial charge in [-0.1, -0.05) is 11.6 Å². The number of rotatable bonds is 2. The van der Waals surface area contributed by atoms with Crippen LogP contribution >= 0.6 is 11.6 Å². The van der Waals surface area contributed by atoms with Crippen LogP contribution in [0.4, 0.5) is 15.8 Å². The number of nitrogens with one attached hydrogen (secondary N) is 1. The summed E-state index contributed by atoms with van der Waals surface area (Å²) in [6, 6.07) is 5.11. The normalized spacial score (nSPS) is 10.1. The highest BCUT2D eigenvalue weighted by molar-refractivity contribution is 6.33. The van der Waals surface area contributed by atoms with Crippen molar-refractivity contribution in [3.8, 4) is 0 Å². The lowest BCUT2D eigenvalue weighted by atomic mass is 10.1. The van der Waals surface area contributed by atoms with Crippen molar-refractivity contribution in [2.75, 3.05) is 11.1 Å². The molecule has 4 nitrogen and oxygen atoms in total. The van der Waals surface area contributed by atoms with Gasteiger partial charge in [-0.25, -0.2) is 4.39 Å². The lowest BCUT2D eigenvalue weighted by Crippen LogP contribution is -2.14. The second kappa shape index (κ2) is 5.01. The molecule has 0 spiro atoms. The summed E-state index contributed by atoms with van der Waals surface area (Å²) in [5.74, 6) is -1.08. The Bertz CT molecular complexity index is 604. The molecule has 1 heterocycles. The zero-order chi connectivity index (χ0) is 13.1. The van der Waals surface area contributed by atoms with Gasteiger partial charge in [0.1, 0.15) is 5.82 Å². The van der Waals surface area contributed by atoms with E-state index in [0.717, 1.165) is 6.07 Å². The van der Waals surface area contributed by atoms with Gasteiger partial charge in [0.05, 0.1) is 22.5 Å². The minimum Gasteiger partial charge on any atom is -0.398 e. The topological polar surface area (TPSA) is 68.0 Å². The minimum absolute atomic E-state index is 0.0509. The molecule has 0 saturated heterocycles. The summed E-state index contributed by atoms with van der Waals surface area (Å²) in [5, 5.41) is 2.86. The first-order chi connectivity index (χ1) is 8.58. The molecule has 1 amide bonds. The number of nitrogen functional groups attached to an aromatic ring is 1. The van der Waals surface area contributed by atoms with Crippen LogP contribution in [0.1, 0.15) is 10.4 Å². The summed E-state index contributed by atoms with van der Waals surface area (Å²) in [7, 11) is 0. The van der Waals surface area contributed by atoms with Crippen LogP contribution in [0.25, 0.3) is 0 Å². The number of halogens is 2. The van der Waals surface area contributed by atoms with E-state index < -0.39 is 11.7 Å². The van der Waals surface area contributed by atoms with Gasteiger partial charge < -0.3 is 11.1 Å². The van der Waals surface area contributed by atoms with E-state index in [0.29, 0.717) is 10.7 Å². The summed E-state index contributed by atoms with van der Waals surface area (Å²) in [5.41, 5.74) is 6.19. The van der Waals surface area contributed by atoms with Gasteiger partial charge in [-0.3, -0.25) is 9.78 Å². The maximum atomic E-state index is 13.1. The third-order valence-electron chi connectivity index (χ3n) is 2.28. The number of aromatic nitrogens is 1. The molecule has 1 aromatic carbocycles. The minimum atomic E-state index is -0.540. The number of benzene rings is 1. The van der Waals surface area contributed by atoms with E-state index >= 15 is 0 Å². The van der Waals surface area contributed by atoms with Gasteiger partial charge in [0.15, 0.2) is 0 Å². The second-order valence-corrected chi connectivity index (χ2v) is 3.95. The molecule has 18 heavy (non-hydrogen) atoms. The summed E-state index contributed by atoms with van der Waals surface area (Å²) in [6.07, 6.45) is 2.89. The van der Waals surface area contributed by atoms with Crippen LogP contribution < -0.4 is 11.1 Å². The van der Waals surface area contributed by atoms with E-state index in [-0.39, 0.29) is 11.3 Å². The van der Waals surface area contributed by atoms with Gasteiger partial charge in [-0.2, -0.15) is 0 Å². The molecule has 0 aliphatic rings. The van der Waals surface area contributed by atoms with E-state index in [9.17, 15) is 9.18 Å². The van der Waals surface area contributed by atoms with Crippen molar-refractivity contribution in [2.45, 2.75) is 0 Å². The zero-order valence-electron chi connectivity index (χ0n) is 9.15. The fraction of sp³-hybridized carbons (Fsp3) is 0. The lowest BCUT2D eigenvalue weighted by Gasteiger charge is -2.08. The number of anilines is 2. The molecule has 0 aliphatic heterocycles. The van der Waals surface area contributed by atoms with Crippen LogP contribution in [0.2, 0.25) is 5.02 Å². The Balaban J connectivity index is 2.28. The van der Waals surface area contributed by atoms with Crippen LogP contribution in [0.5, 0.6) is 0 Å². The van der Waals surface area contributed by atoms with E-state index in [1.165, 1.54) is 30.6 Å². The number of hydrogen-bond acceptors (Lipinski definition) is 3. The molecule has 0 radical (unpaired) electrons. The molecule has 6 heteroatoms. The summed E-state index contributed by atoms with van der Waals surface area (Å²) < 4.78 is 13.1.